The molecule has 138 valence electrons. The van der Waals surface area contributed by atoms with E-state index in [-0.39, 0.29) is 17.7 Å². The van der Waals surface area contributed by atoms with Gasteiger partial charge in [0.2, 0.25) is 5.91 Å². The van der Waals surface area contributed by atoms with E-state index in [1.165, 1.54) is 5.56 Å². The van der Waals surface area contributed by atoms with Gasteiger partial charge >= 0.3 is 0 Å². The van der Waals surface area contributed by atoms with Crippen molar-refractivity contribution in [3.63, 3.8) is 0 Å². The number of nitrogens with one attached hydrogen (secondary N) is 3. The summed E-state index contributed by atoms with van der Waals surface area (Å²) in [5.41, 5.74) is 4.68. The third-order valence-electron chi connectivity index (χ3n) is 5.06. The van der Waals surface area contributed by atoms with Gasteiger partial charge in [-0.25, -0.2) is 0 Å². The first kappa shape index (κ1) is 18.2. The average Bonchev–Trinajstić information content (AvgIpc) is 2.89. The van der Waals surface area contributed by atoms with Crippen LogP contribution in [-0.2, 0) is 11.2 Å². The topological polar surface area (TPSA) is 86.9 Å². The predicted molar refractivity (Wildman–Crippen MR) is 101 cm³/mol. The van der Waals surface area contributed by atoms with Crippen LogP contribution < -0.4 is 10.6 Å². The summed E-state index contributed by atoms with van der Waals surface area (Å²) < 4.78 is 0. The molecular weight excluding hydrogens is 328 g/mol. The maximum Gasteiger partial charge on any atom is 0.251 e. The Labute approximate surface area is 153 Å². The van der Waals surface area contributed by atoms with Crippen LogP contribution in [0.3, 0.4) is 0 Å². The normalized spacial score (nSPS) is 13.9. The Hall–Kier alpha value is -2.63. The van der Waals surface area contributed by atoms with Crippen molar-refractivity contribution in [2.24, 2.45) is 5.92 Å². The van der Waals surface area contributed by atoms with Crippen molar-refractivity contribution >= 4 is 17.5 Å². The van der Waals surface area contributed by atoms with E-state index in [1.807, 2.05) is 13.8 Å². The molecule has 0 atom stereocenters. The van der Waals surface area contributed by atoms with E-state index in [1.54, 1.807) is 24.3 Å². The molecule has 1 aromatic carbocycles. The van der Waals surface area contributed by atoms with E-state index >= 15 is 0 Å². The summed E-state index contributed by atoms with van der Waals surface area (Å²) in [7, 11) is 0. The van der Waals surface area contributed by atoms with Crippen molar-refractivity contribution in [1.29, 1.82) is 0 Å². The van der Waals surface area contributed by atoms with Gasteiger partial charge in [0, 0.05) is 29.4 Å². The van der Waals surface area contributed by atoms with Gasteiger partial charge in [-0.05, 0) is 69.4 Å². The molecule has 2 amide bonds. The van der Waals surface area contributed by atoms with Gasteiger partial charge in [0.05, 0.1) is 5.69 Å². The van der Waals surface area contributed by atoms with Crippen molar-refractivity contribution in [1.82, 2.24) is 15.5 Å². The lowest BCUT2D eigenvalue weighted by Gasteiger charge is -2.24. The monoisotopic (exact) mass is 354 g/mol. The van der Waals surface area contributed by atoms with Crippen molar-refractivity contribution in [2.75, 3.05) is 11.9 Å². The number of anilines is 1. The number of nitrogens with zero attached hydrogens (tertiary/aromatic N) is 1. The Morgan fingerprint density at radius 1 is 1.19 bits per heavy atom. The molecule has 1 aromatic heterocycles. The Morgan fingerprint density at radius 3 is 2.50 bits per heavy atom. The summed E-state index contributed by atoms with van der Waals surface area (Å²) in [6.45, 7) is 4.62. The van der Waals surface area contributed by atoms with Gasteiger partial charge in [-0.1, -0.05) is 6.42 Å². The molecule has 6 nitrogen and oxygen atoms in total. The van der Waals surface area contributed by atoms with Crippen molar-refractivity contribution in [3.05, 3.63) is 46.8 Å². The Balaban J connectivity index is 1.43. The van der Waals surface area contributed by atoms with Gasteiger partial charge in [-0.15, -0.1) is 0 Å². The minimum Gasteiger partial charge on any atom is -0.352 e. The van der Waals surface area contributed by atoms with Crippen LogP contribution in [0.5, 0.6) is 0 Å². The highest BCUT2D eigenvalue weighted by Crippen LogP contribution is 2.27. The minimum atomic E-state index is -0.0949. The molecule has 0 radical (unpaired) electrons. The third kappa shape index (κ3) is 4.31. The number of aromatic nitrogens is 2. The molecule has 0 unspecified atom stereocenters. The average molecular weight is 354 g/mol. The molecule has 1 fully saturated rings. The zero-order chi connectivity index (χ0) is 18.5. The van der Waals surface area contributed by atoms with Gasteiger partial charge in [0.15, 0.2) is 0 Å². The molecule has 0 saturated heterocycles. The Bertz CT molecular complexity index is 756. The lowest BCUT2D eigenvalue weighted by Crippen LogP contribution is -2.28. The van der Waals surface area contributed by atoms with E-state index in [2.05, 4.69) is 20.8 Å². The Kier molecular flexibility index (Phi) is 5.71. The maximum atomic E-state index is 12.2. The quantitative estimate of drug-likeness (QED) is 0.668. The first-order valence-corrected chi connectivity index (χ1v) is 9.24. The fourth-order valence-corrected chi connectivity index (χ4v) is 3.13. The summed E-state index contributed by atoms with van der Waals surface area (Å²) in [4.78, 5) is 24.2. The number of carbonyl (C=O) groups is 2. The van der Waals surface area contributed by atoms with Crippen LogP contribution in [0, 0.1) is 19.8 Å². The second-order valence-corrected chi connectivity index (χ2v) is 6.97. The van der Waals surface area contributed by atoms with E-state index in [9.17, 15) is 9.59 Å². The largest absolute Gasteiger partial charge is 0.352 e. The van der Waals surface area contributed by atoms with Gasteiger partial charge in [0.25, 0.3) is 5.91 Å². The van der Waals surface area contributed by atoms with Gasteiger partial charge in [-0.2, -0.15) is 5.10 Å². The summed E-state index contributed by atoms with van der Waals surface area (Å²) >= 11 is 0. The number of H-pyrrole nitrogens is 1. The van der Waals surface area contributed by atoms with Crippen molar-refractivity contribution in [3.8, 4) is 0 Å². The number of benzene rings is 1. The fourth-order valence-electron chi connectivity index (χ4n) is 3.13. The molecule has 1 aliphatic rings. The van der Waals surface area contributed by atoms with Crippen LogP contribution in [0.25, 0.3) is 0 Å². The first-order valence-electron chi connectivity index (χ1n) is 9.24. The molecular formula is C20H26N4O2. The number of carbonyl (C=O) groups excluding carboxylic acids is 2. The van der Waals surface area contributed by atoms with Crippen LogP contribution in [-0.4, -0.2) is 28.6 Å². The van der Waals surface area contributed by atoms with Crippen LogP contribution in [0.1, 0.15) is 53.0 Å². The third-order valence-corrected chi connectivity index (χ3v) is 5.06. The molecule has 0 bridgehead atoms. The van der Waals surface area contributed by atoms with Crippen molar-refractivity contribution in [2.45, 2.75) is 46.0 Å². The lowest BCUT2D eigenvalue weighted by molar-refractivity contribution is -0.122. The van der Waals surface area contributed by atoms with E-state index < -0.39 is 0 Å². The smallest absolute Gasteiger partial charge is 0.251 e. The zero-order valence-electron chi connectivity index (χ0n) is 15.4. The van der Waals surface area contributed by atoms with Gasteiger partial charge < -0.3 is 10.6 Å². The molecule has 3 rings (SSSR count). The van der Waals surface area contributed by atoms with Crippen LogP contribution >= 0.6 is 0 Å². The summed E-state index contributed by atoms with van der Waals surface area (Å²) in [6.07, 6.45) is 4.84. The number of aromatic amines is 1. The molecule has 0 spiro atoms. The fraction of sp³-hybridized carbons (Fsp3) is 0.450. The number of amides is 2. The minimum absolute atomic E-state index is 0.0817. The highest BCUT2D eigenvalue weighted by Gasteiger charge is 2.25. The molecule has 1 aliphatic carbocycles. The summed E-state index contributed by atoms with van der Waals surface area (Å²) in [5, 5.41) is 13.0. The summed E-state index contributed by atoms with van der Waals surface area (Å²) in [5.74, 6) is 0.140. The van der Waals surface area contributed by atoms with E-state index in [4.69, 9.17) is 0 Å². The predicted octanol–water partition coefficient (Wildman–Crippen LogP) is 3.13. The number of aryl methyl sites for hydroxylation is 2. The summed E-state index contributed by atoms with van der Waals surface area (Å²) in [6, 6.07) is 7.06. The lowest BCUT2D eigenvalue weighted by atomic mass is 9.85. The standard InChI is InChI=1S/C20H26N4O2/c1-13-18(14(2)24-23-13)7-4-12-21-19(25)16-8-10-17(11-9-16)22-20(26)15-5-3-6-15/h8-11,15H,3-7,12H2,1-2H3,(H,21,25)(H,22,26)(H,23,24). The van der Waals surface area contributed by atoms with Crippen LogP contribution in [0.2, 0.25) is 0 Å². The molecule has 3 N–H and O–H groups in total. The molecule has 0 aliphatic heterocycles. The number of rotatable bonds is 7. The molecule has 2 aromatic rings. The molecule has 26 heavy (non-hydrogen) atoms. The second kappa shape index (κ2) is 8.17. The zero-order valence-corrected chi connectivity index (χ0v) is 15.4. The van der Waals surface area contributed by atoms with Gasteiger partial charge in [-0.3, -0.25) is 14.7 Å². The molecule has 6 heteroatoms. The van der Waals surface area contributed by atoms with Crippen molar-refractivity contribution < 1.29 is 9.59 Å². The van der Waals surface area contributed by atoms with Crippen LogP contribution in [0.4, 0.5) is 5.69 Å². The van der Waals surface area contributed by atoms with E-state index in [0.29, 0.717) is 12.1 Å². The second-order valence-electron chi connectivity index (χ2n) is 6.97. The van der Waals surface area contributed by atoms with Gasteiger partial charge in [0.1, 0.15) is 0 Å². The van der Waals surface area contributed by atoms with E-state index in [0.717, 1.165) is 49.2 Å². The molecule has 1 heterocycles. The molecule has 1 saturated carbocycles. The highest BCUT2D eigenvalue weighted by atomic mass is 16.2. The number of hydrogen-bond donors (Lipinski definition) is 3. The van der Waals surface area contributed by atoms with Crippen LogP contribution in [0.15, 0.2) is 24.3 Å². The highest BCUT2D eigenvalue weighted by molar-refractivity contribution is 5.96. The number of hydrogen-bond acceptors (Lipinski definition) is 3. The maximum absolute atomic E-state index is 12.2. The first-order chi connectivity index (χ1) is 12.5. The Morgan fingerprint density at radius 2 is 1.92 bits per heavy atom. The SMILES string of the molecule is Cc1n[nH]c(C)c1CCCNC(=O)c1ccc(NC(=O)C2CCC2)cc1.